The zero-order valence-corrected chi connectivity index (χ0v) is 19.1. The molecule has 6 nitrogen and oxygen atoms in total. The molecular weight excluding hydrogens is 430 g/mol. The first kappa shape index (κ1) is 21.8. The van der Waals surface area contributed by atoms with Crippen LogP contribution in [0.2, 0.25) is 0 Å². The van der Waals surface area contributed by atoms with E-state index in [1.165, 1.54) is 4.90 Å². The van der Waals surface area contributed by atoms with Crippen molar-refractivity contribution in [1.82, 2.24) is 4.90 Å². The quantitative estimate of drug-likeness (QED) is 0.347. The summed E-state index contributed by atoms with van der Waals surface area (Å²) in [5.74, 6) is -0.0523. The van der Waals surface area contributed by atoms with Gasteiger partial charge in [0.2, 0.25) is 0 Å². The second-order valence-corrected chi connectivity index (χ2v) is 8.61. The lowest BCUT2D eigenvalue weighted by molar-refractivity contribution is -0.140. The van der Waals surface area contributed by atoms with Crippen LogP contribution in [0.4, 0.5) is 0 Å². The van der Waals surface area contributed by atoms with Crippen LogP contribution in [-0.4, -0.2) is 35.4 Å². The first-order chi connectivity index (χ1) is 16.5. The molecule has 0 radical (unpaired) electrons. The molecule has 0 saturated carbocycles. The van der Waals surface area contributed by atoms with Crippen LogP contribution in [0.1, 0.15) is 33.9 Å². The van der Waals surface area contributed by atoms with Crippen molar-refractivity contribution in [3.05, 3.63) is 100 Å². The number of likely N-dealkylation sites (tertiary alicyclic amines) is 1. The molecule has 1 atom stereocenters. The van der Waals surface area contributed by atoms with Crippen molar-refractivity contribution in [1.29, 1.82) is 0 Å². The number of rotatable bonds is 5. The van der Waals surface area contributed by atoms with E-state index in [1.54, 1.807) is 19.2 Å². The van der Waals surface area contributed by atoms with Crippen molar-refractivity contribution in [2.75, 3.05) is 13.7 Å². The molecule has 34 heavy (non-hydrogen) atoms. The Bertz CT molecular complexity index is 1330. The highest BCUT2D eigenvalue weighted by Gasteiger charge is 2.46. The van der Waals surface area contributed by atoms with E-state index >= 15 is 0 Å². The first-order valence-electron chi connectivity index (χ1n) is 11.2. The van der Waals surface area contributed by atoms with Crippen LogP contribution < -0.4 is 9.47 Å². The van der Waals surface area contributed by atoms with Gasteiger partial charge in [0.15, 0.2) is 0 Å². The fourth-order valence-electron chi connectivity index (χ4n) is 4.69. The van der Waals surface area contributed by atoms with E-state index in [9.17, 15) is 14.7 Å². The zero-order chi connectivity index (χ0) is 23.8. The molecule has 172 valence electrons. The molecule has 1 unspecified atom stereocenters. The zero-order valence-electron chi connectivity index (χ0n) is 19.1. The predicted octanol–water partition coefficient (Wildman–Crippen LogP) is 4.56. The van der Waals surface area contributed by atoms with Gasteiger partial charge in [-0.1, -0.05) is 42.0 Å². The Morgan fingerprint density at radius 1 is 1.09 bits per heavy atom. The number of hydrogen-bond acceptors (Lipinski definition) is 5. The number of nitrogens with zero attached hydrogens (tertiary/aromatic N) is 1. The molecule has 0 bridgehead atoms. The van der Waals surface area contributed by atoms with Gasteiger partial charge in [0, 0.05) is 18.5 Å². The lowest BCUT2D eigenvalue weighted by atomic mass is 9.93. The van der Waals surface area contributed by atoms with Crippen molar-refractivity contribution in [2.45, 2.75) is 25.9 Å². The van der Waals surface area contributed by atoms with Gasteiger partial charge in [-0.2, -0.15) is 0 Å². The molecule has 1 saturated heterocycles. The van der Waals surface area contributed by atoms with E-state index in [2.05, 4.69) is 0 Å². The largest absolute Gasteiger partial charge is 0.507 e. The van der Waals surface area contributed by atoms with E-state index in [1.807, 2.05) is 61.5 Å². The number of aliphatic hydroxyl groups is 1. The molecular formula is C28H25NO5. The summed E-state index contributed by atoms with van der Waals surface area (Å²) in [6, 6.07) is 19.7. The Balaban J connectivity index is 1.63. The number of benzene rings is 3. The number of ether oxygens (including phenoxy) is 2. The minimum Gasteiger partial charge on any atom is -0.507 e. The average molecular weight is 456 g/mol. The Hall–Kier alpha value is -4.06. The van der Waals surface area contributed by atoms with Crippen LogP contribution in [0, 0.1) is 6.92 Å². The molecule has 0 aliphatic carbocycles. The number of carbonyl (C=O) groups is 2. The predicted molar refractivity (Wildman–Crippen MR) is 128 cm³/mol. The molecule has 3 aromatic rings. The summed E-state index contributed by atoms with van der Waals surface area (Å²) in [5.41, 5.74) is 4.17. The third-order valence-electron chi connectivity index (χ3n) is 6.35. The maximum atomic E-state index is 13.3. The van der Waals surface area contributed by atoms with Crippen molar-refractivity contribution >= 4 is 17.4 Å². The van der Waals surface area contributed by atoms with Gasteiger partial charge in [-0.05, 0) is 53.9 Å². The third kappa shape index (κ3) is 3.81. The Kier molecular flexibility index (Phi) is 5.57. The van der Waals surface area contributed by atoms with Crippen LogP contribution in [0.15, 0.2) is 72.3 Å². The highest BCUT2D eigenvalue weighted by atomic mass is 16.5. The highest BCUT2D eigenvalue weighted by Crippen LogP contribution is 2.41. The van der Waals surface area contributed by atoms with E-state index in [0.717, 1.165) is 34.4 Å². The second kappa shape index (κ2) is 8.71. The van der Waals surface area contributed by atoms with E-state index < -0.39 is 17.7 Å². The number of methoxy groups -OCH3 is 1. The summed E-state index contributed by atoms with van der Waals surface area (Å²) in [5, 5.41) is 11.3. The topological polar surface area (TPSA) is 76.1 Å². The van der Waals surface area contributed by atoms with Crippen LogP contribution >= 0.6 is 0 Å². The number of hydrogen-bond donors (Lipinski definition) is 1. The molecule has 0 aromatic heterocycles. The Morgan fingerprint density at radius 2 is 1.91 bits per heavy atom. The maximum Gasteiger partial charge on any atom is 0.295 e. The minimum atomic E-state index is -0.712. The van der Waals surface area contributed by atoms with E-state index in [4.69, 9.17) is 9.47 Å². The average Bonchev–Trinajstić information content (AvgIpc) is 3.41. The normalized spacial score (nSPS) is 18.6. The molecule has 1 N–H and O–H groups in total. The summed E-state index contributed by atoms with van der Waals surface area (Å²) >= 11 is 0. The molecule has 2 aliphatic heterocycles. The van der Waals surface area contributed by atoms with Crippen molar-refractivity contribution in [2.24, 2.45) is 0 Å². The van der Waals surface area contributed by atoms with Gasteiger partial charge in [-0.15, -0.1) is 0 Å². The van der Waals surface area contributed by atoms with Gasteiger partial charge in [-0.25, -0.2) is 0 Å². The molecule has 1 amide bonds. The van der Waals surface area contributed by atoms with Gasteiger partial charge < -0.3 is 19.5 Å². The lowest BCUT2D eigenvalue weighted by Gasteiger charge is -2.26. The first-order valence-corrected chi connectivity index (χ1v) is 11.2. The van der Waals surface area contributed by atoms with Crippen molar-refractivity contribution in [3.8, 4) is 11.5 Å². The highest BCUT2D eigenvalue weighted by molar-refractivity contribution is 6.46. The fourth-order valence-corrected chi connectivity index (χ4v) is 4.69. The number of Topliss-reactive ketones (excluding diaryl/α,β-unsaturated/α-hetero) is 1. The lowest BCUT2D eigenvalue weighted by Crippen LogP contribution is -2.29. The van der Waals surface area contributed by atoms with Crippen LogP contribution in [0.5, 0.6) is 11.5 Å². The molecule has 2 heterocycles. The Morgan fingerprint density at radius 3 is 2.71 bits per heavy atom. The van der Waals surface area contributed by atoms with Crippen LogP contribution in [0.3, 0.4) is 0 Å². The summed E-state index contributed by atoms with van der Waals surface area (Å²) < 4.78 is 10.9. The number of aliphatic hydroxyl groups excluding tert-OH is 1. The van der Waals surface area contributed by atoms with Gasteiger partial charge in [-0.3, -0.25) is 9.59 Å². The number of carbonyl (C=O) groups excluding carboxylic acids is 2. The third-order valence-corrected chi connectivity index (χ3v) is 6.35. The fraction of sp³-hybridized carbons (Fsp3) is 0.214. The van der Waals surface area contributed by atoms with Crippen LogP contribution in [-0.2, 0) is 22.6 Å². The van der Waals surface area contributed by atoms with E-state index in [0.29, 0.717) is 17.9 Å². The van der Waals surface area contributed by atoms with Gasteiger partial charge in [0.25, 0.3) is 11.7 Å². The molecule has 6 heteroatoms. The maximum absolute atomic E-state index is 13.3. The second-order valence-electron chi connectivity index (χ2n) is 8.61. The molecule has 3 aromatic carbocycles. The molecule has 1 fully saturated rings. The Labute approximate surface area is 198 Å². The van der Waals surface area contributed by atoms with Crippen molar-refractivity contribution < 1.29 is 24.2 Å². The minimum absolute atomic E-state index is 0.0948. The number of fused-ring (bicyclic) bond motifs is 1. The summed E-state index contributed by atoms with van der Waals surface area (Å²) in [7, 11) is 1.58. The molecule has 0 spiro atoms. The summed E-state index contributed by atoms with van der Waals surface area (Å²) in [4.78, 5) is 28.1. The van der Waals surface area contributed by atoms with E-state index in [-0.39, 0.29) is 17.9 Å². The summed E-state index contributed by atoms with van der Waals surface area (Å²) in [6.45, 7) is 2.75. The van der Waals surface area contributed by atoms with Gasteiger partial charge >= 0.3 is 0 Å². The molecule has 5 rings (SSSR count). The number of aryl methyl sites for hydroxylation is 1. The smallest absolute Gasteiger partial charge is 0.295 e. The molecule has 2 aliphatic rings. The van der Waals surface area contributed by atoms with Crippen LogP contribution in [0.25, 0.3) is 5.76 Å². The number of amides is 1. The van der Waals surface area contributed by atoms with Gasteiger partial charge in [0.05, 0.1) is 25.3 Å². The standard InChI is InChI=1S/C28H25NO5/c1-17-5-3-7-20(13-17)25-24(26(30)21-9-10-23-19(15-21)11-12-34-23)27(31)28(32)29(25)16-18-6-4-8-22(14-18)33-2/h3-10,13-15,25,30H,11-12,16H2,1-2H3/b26-24-. The monoisotopic (exact) mass is 455 g/mol. The summed E-state index contributed by atoms with van der Waals surface area (Å²) in [6.07, 6.45) is 0.738. The van der Waals surface area contributed by atoms with Crippen molar-refractivity contribution in [3.63, 3.8) is 0 Å². The SMILES string of the molecule is COc1cccc(CN2C(=O)C(=O)/C(=C(\O)c3ccc4c(c3)CCO4)C2c2cccc(C)c2)c1. The number of ketones is 1. The van der Waals surface area contributed by atoms with Gasteiger partial charge in [0.1, 0.15) is 17.3 Å².